The number of hydrogen-bond donors (Lipinski definition) is 1. The summed E-state index contributed by atoms with van der Waals surface area (Å²) >= 11 is 0. The number of rotatable bonds is 6. The van der Waals surface area contributed by atoms with Crippen LogP contribution < -0.4 is 5.73 Å². The largest absolute Gasteiger partial charge is 0.343 e. The lowest BCUT2D eigenvalue weighted by molar-refractivity contribution is -0.132. The molecule has 1 aliphatic rings. The summed E-state index contributed by atoms with van der Waals surface area (Å²) in [7, 11) is 0. The van der Waals surface area contributed by atoms with Gasteiger partial charge in [0.2, 0.25) is 5.91 Å². The van der Waals surface area contributed by atoms with Gasteiger partial charge in [-0.2, -0.15) is 0 Å². The third kappa shape index (κ3) is 4.46. The second-order valence-corrected chi connectivity index (χ2v) is 5.88. The number of carbonyl (C=O) groups excluding carboxylic acids is 1. The Morgan fingerprint density at radius 1 is 1.37 bits per heavy atom. The Morgan fingerprint density at radius 3 is 2.47 bits per heavy atom. The van der Waals surface area contributed by atoms with E-state index in [1.807, 2.05) is 18.7 Å². The van der Waals surface area contributed by atoms with Crippen molar-refractivity contribution in [3.05, 3.63) is 0 Å². The van der Waals surface area contributed by atoms with Gasteiger partial charge in [0.15, 0.2) is 0 Å². The van der Waals surface area contributed by atoms with Gasteiger partial charge in [0.1, 0.15) is 0 Å². The molecule has 4 heteroatoms. The third-order valence-electron chi connectivity index (χ3n) is 4.46. The molecular weight excluding hydrogens is 238 g/mol. The van der Waals surface area contributed by atoms with Crippen molar-refractivity contribution >= 4 is 5.91 Å². The van der Waals surface area contributed by atoms with Crippen molar-refractivity contribution in [1.82, 2.24) is 9.80 Å². The Morgan fingerprint density at radius 2 is 2.00 bits per heavy atom. The second kappa shape index (κ2) is 7.85. The van der Waals surface area contributed by atoms with Crippen molar-refractivity contribution < 1.29 is 4.79 Å². The molecule has 1 amide bonds. The SMILES string of the molecule is CCN(CC)C(=O)CC(CN)N1CCC(C)CC1C. The molecule has 0 bridgehead atoms. The molecule has 0 aliphatic carbocycles. The smallest absolute Gasteiger partial charge is 0.224 e. The topological polar surface area (TPSA) is 49.6 Å². The Labute approximate surface area is 118 Å². The number of piperidine rings is 1. The first-order valence-corrected chi connectivity index (χ1v) is 7.76. The van der Waals surface area contributed by atoms with E-state index in [0.29, 0.717) is 19.0 Å². The van der Waals surface area contributed by atoms with Crippen LogP contribution in [0.15, 0.2) is 0 Å². The number of nitrogens with zero attached hydrogens (tertiary/aromatic N) is 2. The fraction of sp³-hybridized carbons (Fsp3) is 0.933. The molecule has 0 saturated carbocycles. The zero-order chi connectivity index (χ0) is 14.4. The van der Waals surface area contributed by atoms with Gasteiger partial charge in [-0.15, -0.1) is 0 Å². The van der Waals surface area contributed by atoms with Crippen LogP contribution in [-0.4, -0.2) is 54.0 Å². The Kier molecular flexibility index (Phi) is 6.80. The lowest BCUT2D eigenvalue weighted by Gasteiger charge is -2.41. The minimum atomic E-state index is 0.204. The predicted molar refractivity (Wildman–Crippen MR) is 80.0 cm³/mol. The van der Waals surface area contributed by atoms with Crippen LogP contribution in [0.4, 0.5) is 0 Å². The summed E-state index contributed by atoms with van der Waals surface area (Å²) in [5, 5.41) is 0. The summed E-state index contributed by atoms with van der Waals surface area (Å²) in [4.78, 5) is 16.6. The van der Waals surface area contributed by atoms with Gasteiger partial charge < -0.3 is 10.6 Å². The lowest BCUT2D eigenvalue weighted by atomic mass is 9.91. The predicted octanol–water partition coefficient (Wildman–Crippen LogP) is 1.69. The molecule has 112 valence electrons. The van der Waals surface area contributed by atoms with Gasteiger partial charge in [0, 0.05) is 38.1 Å². The van der Waals surface area contributed by atoms with Crippen molar-refractivity contribution in [2.24, 2.45) is 11.7 Å². The van der Waals surface area contributed by atoms with Crippen molar-refractivity contribution in [1.29, 1.82) is 0 Å². The molecule has 1 saturated heterocycles. The molecule has 1 fully saturated rings. The molecular formula is C15H31N3O. The Bertz CT molecular complexity index is 279. The molecule has 0 aromatic rings. The maximum atomic E-state index is 12.2. The second-order valence-electron chi connectivity index (χ2n) is 5.88. The Balaban J connectivity index is 2.60. The van der Waals surface area contributed by atoms with Crippen molar-refractivity contribution in [3.8, 4) is 0 Å². The number of nitrogens with two attached hydrogens (primary N) is 1. The quantitative estimate of drug-likeness (QED) is 0.798. The van der Waals surface area contributed by atoms with E-state index in [9.17, 15) is 4.79 Å². The minimum Gasteiger partial charge on any atom is -0.343 e. The van der Waals surface area contributed by atoms with E-state index in [0.717, 1.165) is 25.6 Å². The number of amides is 1. The number of hydrogen-bond acceptors (Lipinski definition) is 3. The summed E-state index contributed by atoms with van der Waals surface area (Å²) < 4.78 is 0. The van der Waals surface area contributed by atoms with E-state index in [2.05, 4.69) is 18.7 Å². The van der Waals surface area contributed by atoms with Crippen LogP contribution >= 0.6 is 0 Å². The van der Waals surface area contributed by atoms with E-state index >= 15 is 0 Å². The normalized spacial score (nSPS) is 26.2. The highest BCUT2D eigenvalue weighted by molar-refractivity contribution is 5.76. The fourth-order valence-corrected chi connectivity index (χ4v) is 3.21. The fourth-order valence-electron chi connectivity index (χ4n) is 3.21. The molecule has 2 N–H and O–H groups in total. The number of carbonyl (C=O) groups is 1. The van der Waals surface area contributed by atoms with Crippen LogP contribution in [0.25, 0.3) is 0 Å². The van der Waals surface area contributed by atoms with Crippen LogP contribution in [0, 0.1) is 5.92 Å². The molecule has 3 atom stereocenters. The zero-order valence-corrected chi connectivity index (χ0v) is 13.1. The van der Waals surface area contributed by atoms with Gasteiger partial charge in [-0.1, -0.05) is 6.92 Å². The first-order valence-electron chi connectivity index (χ1n) is 7.76. The number of likely N-dealkylation sites (tertiary alicyclic amines) is 1. The van der Waals surface area contributed by atoms with Gasteiger partial charge in [0.25, 0.3) is 0 Å². The molecule has 1 heterocycles. The molecule has 0 aromatic carbocycles. The lowest BCUT2D eigenvalue weighted by Crippen LogP contribution is -2.51. The van der Waals surface area contributed by atoms with Crippen LogP contribution in [0.1, 0.15) is 47.0 Å². The van der Waals surface area contributed by atoms with Crippen LogP contribution in [0.3, 0.4) is 0 Å². The maximum Gasteiger partial charge on any atom is 0.224 e. The summed E-state index contributed by atoms with van der Waals surface area (Å²) in [6, 6.07) is 0.748. The standard InChI is InChI=1S/C15H31N3O/c1-5-17(6-2)15(19)10-14(11-16)18-8-7-12(3)9-13(18)4/h12-14H,5-11,16H2,1-4H3. The van der Waals surface area contributed by atoms with E-state index in [4.69, 9.17) is 5.73 Å². The van der Waals surface area contributed by atoms with E-state index in [-0.39, 0.29) is 11.9 Å². The molecule has 0 radical (unpaired) electrons. The van der Waals surface area contributed by atoms with Crippen molar-refractivity contribution in [3.63, 3.8) is 0 Å². The van der Waals surface area contributed by atoms with Crippen LogP contribution in [-0.2, 0) is 4.79 Å². The average molecular weight is 269 g/mol. The first kappa shape index (κ1) is 16.4. The first-order chi connectivity index (χ1) is 9.03. The van der Waals surface area contributed by atoms with Gasteiger partial charge >= 0.3 is 0 Å². The molecule has 0 aromatic heterocycles. The molecule has 4 nitrogen and oxygen atoms in total. The third-order valence-corrected chi connectivity index (χ3v) is 4.46. The van der Waals surface area contributed by atoms with E-state index in [1.54, 1.807) is 0 Å². The van der Waals surface area contributed by atoms with Crippen LogP contribution in [0.2, 0.25) is 0 Å². The molecule has 1 aliphatic heterocycles. The van der Waals surface area contributed by atoms with Gasteiger partial charge in [0.05, 0.1) is 0 Å². The van der Waals surface area contributed by atoms with Gasteiger partial charge in [-0.25, -0.2) is 0 Å². The van der Waals surface area contributed by atoms with Gasteiger partial charge in [-0.05, 0) is 46.1 Å². The molecule has 0 spiro atoms. The summed E-state index contributed by atoms with van der Waals surface area (Å²) in [6.07, 6.45) is 3.01. The molecule has 19 heavy (non-hydrogen) atoms. The highest BCUT2D eigenvalue weighted by atomic mass is 16.2. The molecule has 1 rings (SSSR count). The summed E-state index contributed by atoms with van der Waals surface area (Å²) in [5.74, 6) is 1.04. The van der Waals surface area contributed by atoms with E-state index in [1.165, 1.54) is 12.8 Å². The van der Waals surface area contributed by atoms with E-state index < -0.39 is 0 Å². The van der Waals surface area contributed by atoms with Crippen molar-refractivity contribution in [2.45, 2.75) is 59.0 Å². The monoisotopic (exact) mass is 269 g/mol. The zero-order valence-electron chi connectivity index (χ0n) is 13.1. The maximum absolute atomic E-state index is 12.2. The van der Waals surface area contributed by atoms with Crippen LogP contribution in [0.5, 0.6) is 0 Å². The summed E-state index contributed by atoms with van der Waals surface area (Å²) in [6.45, 7) is 11.9. The van der Waals surface area contributed by atoms with Crippen molar-refractivity contribution in [2.75, 3.05) is 26.2 Å². The Hall–Kier alpha value is -0.610. The summed E-state index contributed by atoms with van der Waals surface area (Å²) in [5.41, 5.74) is 5.92. The van der Waals surface area contributed by atoms with Gasteiger partial charge in [-0.3, -0.25) is 9.69 Å². The highest BCUT2D eigenvalue weighted by Gasteiger charge is 2.30. The average Bonchev–Trinajstić information content (AvgIpc) is 2.38. The minimum absolute atomic E-state index is 0.204. The molecule has 3 unspecified atom stereocenters. The highest BCUT2D eigenvalue weighted by Crippen LogP contribution is 2.25.